The van der Waals surface area contributed by atoms with Crippen LogP contribution < -0.4 is 11.1 Å². The fourth-order valence-electron chi connectivity index (χ4n) is 2.53. The van der Waals surface area contributed by atoms with Crippen LogP contribution in [0.5, 0.6) is 0 Å². The van der Waals surface area contributed by atoms with Crippen molar-refractivity contribution in [2.75, 3.05) is 18.8 Å². The van der Waals surface area contributed by atoms with Crippen molar-refractivity contribution < 1.29 is 4.79 Å². The van der Waals surface area contributed by atoms with Gasteiger partial charge in [0, 0.05) is 31.5 Å². The number of piperidine rings is 1. The first-order chi connectivity index (χ1) is 10.7. The van der Waals surface area contributed by atoms with Gasteiger partial charge in [0.25, 0.3) is 5.91 Å². The van der Waals surface area contributed by atoms with Crippen LogP contribution in [0.4, 0.5) is 5.13 Å². The quantitative estimate of drug-likeness (QED) is 0.870. The van der Waals surface area contributed by atoms with E-state index in [0.717, 1.165) is 30.9 Å². The lowest BCUT2D eigenvalue weighted by Gasteiger charge is -2.32. The Bertz CT molecular complexity index is 623. The summed E-state index contributed by atoms with van der Waals surface area (Å²) in [5.74, 6) is 0.0587. The highest BCUT2D eigenvalue weighted by atomic mass is 32.1. The standard InChI is InChI=1S/C14H18N6OS/c15-14-19-18-12(22-14)9-17-11-3-6-20(7-4-11)13(21)10-2-1-5-16-8-10/h1-2,5,8,11,17H,3-4,6-7,9H2,(H2,15,19). The number of likely N-dealkylation sites (tertiary alicyclic amines) is 1. The van der Waals surface area contributed by atoms with Crippen LogP contribution in [0.2, 0.25) is 0 Å². The zero-order valence-electron chi connectivity index (χ0n) is 12.1. The molecule has 22 heavy (non-hydrogen) atoms. The molecule has 1 saturated heterocycles. The van der Waals surface area contributed by atoms with Crippen molar-refractivity contribution in [2.24, 2.45) is 0 Å². The lowest BCUT2D eigenvalue weighted by atomic mass is 10.0. The molecule has 2 aromatic rings. The molecule has 0 unspecified atom stereocenters. The first-order valence-corrected chi connectivity index (χ1v) is 8.04. The molecule has 1 amide bonds. The molecule has 0 spiro atoms. The third-order valence-corrected chi connectivity index (χ3v) is 4.47. The zero-order valence-corrected chi connectivity index (χ0v) is 12.9. The second-order valence-electron chi connectivity index (χ2n) is 5.22. The number of carbonyl (C=O) groups is 1. The molecule has 1 fully saturated rings. The summed E-state index contributed by atoms with van der Waals surface area (Å²) in [5.41, 5.74) is 6.21. The first-order valence-electron chi connectivity index (χ1n) is 7.23. The highest BCUT2D eigenvalue weighted by Gasteiger charge is 2.23. The largest absolute Gasteiger partial charge is 0.374 e. The van der Waals surface area contributed by atoms with Crippen LogP contribution in [0.15, 0.2) is 24.5 Å². The topological polar surface area (TPSA) is 97.0 Å². The van der Waals surface area contributed by atoms with Gasteiger partial charge >= 0.3 is 0 Å². The number of pyridine rings is 1. The maximum Gasteiger partial charge on any atom is 0.255 e. The Balaban J connectivity index is 1.47. The summed E-state index contributed by atoms with van der Waals surface area (Å²) in [6.07, 6.45) is 5.15. The number of nitrogens with one attached hydrogen (secondary N) is 1. The van der Waals surface area contributed by atoms with E-state index < -0.39 is 0 Å². The number of carbonyl (C=O) groups excluding carboxylic acids is 1. The second kappa shape index (κ2) is 6.80. The summed E-state index contributed by atoms with van der Waals surface area (Å²) in [4.78, 5) is 18.2. The van der Waals surface area contributed by atoms with Crippen LogP contribution in [0.3, 0.4) is 0 Å². The molecule has 1 aliphatic heterocycles. The molecule has 0 radical (unpaired) electrons. The summed E-state index contributed by atoms with van der Waals surface area (Å²) in [6, 6.07) is 3.98. The molecule has 0 atom stereocenters. The summed E-state index contributed by atoms with van der Waals surface area (Å²) in [5, 5.41) is 12.6. The number of aromatic nitrogens is 3. The minimum Gasteiger partial charge on any atom is -0.374 e. The van der Waals surface area contributed by atoms with Crippen molar-refractivity contribution in [3.8, 4) is 0 Å². The van der Waals surface area contributed by atoms with E-state index in [1.807, 2.05) is 4.90 Å². The van der Waals surface area contributed by atoms with Gasteiger partial charge in [-0.2, -0.15) is 0 Å². The van der Waals surface area contributed by atoms with Crippen molar-refractivity contribution in [1.29, 1.82) is 0 Å². The molecule has 0 aromatic carbocycles. The average molecular weight is 318 g/mol. The van der Waals surface area contributed by atoms with E-state index in [9.17, 15) is 4.79 Å². The molecule has 7 nitrogen and oxygen atoms in total. The molecular weight excluding hydrogens is 300 g/mol. The van der Waals surface area contributed by atoms with Crippen molar-refractivity contribution in [3.63, 3.8) is 0 Å². The fourth-order valence-corrected chi connectivity index (χ4v) is 3.09. The molecular formula is C14H18N6OS. The van der Waals surface area contributed by atoms with Crippen molar-refractivity contribution >= 4 is 22.4 Å². The molecule has 0 aliphatic carbocycles. The maximum absolute atomic E-state index is 12.3. The smallest absolute Gasteiger partial charge is 0.255 e. The number of amides is 1. The van der Waals surface area contributed by atoms with Gasteiger partial charge < -0.3 is 16.0 Å². The minimum absolute atomic E-state index is 0.0587. The number of hydrogen-bond donors (Lipinski definition) is 2. The fraction of sp³-hybridized carbons (Fsp3) is 0.429. The number of rotatable bonds is 4. The lowest BCUT2D eigenvalue weighted by Crippen LogP contribution is -2.44. The van der Waals surface area contributed by atoms with Crippen LogP contribution in [-0.2, 0) is 6.54 Å². The highest BCUT2D eigenvalue weighted by Crippen LogP contribution is 2.15. The van der Waals surface area contributed by atoms with Gasteiger partial charge in [0.05, 0.1) is 12.1 Å². The van der Waals surface area contributed by atoms with Gasteiger partial charge in [-0.05, 0) is 25.0 Å². The zero-order chi connectivity index (χ0) is 15.4. The van der Waals surface area contributed by atoms with Crippen LogP contribution >= 0.6 is 11.3 Å². The van der Waals surface area contributed by atoms with Gasteiger partial charge in [0.2, 0.25) is 5.13 Å². The monoisotopic (exact) mass is 318 g/mol. The normalized spacial score (nSPS) is 15.9. The predicted octanol–water partition coefficient (Wildman–Crippen LogP) is 0.910. The molecule has 3 N–H and O–H groups in total. The van der Waals surface area contributed by atoms with Crippen LogP contribution in [0.1, 0.15) is 28.2 Å². The number of hydrogen-bond acceptors (Lipinski definition) is 7. The van der Waals surface area contributed by atoms with Gasteiger partial charge in [-0.25, -0.2) is 0 Å². The Kier molecular flexibility index (Phi) is 4.59. The van der Waals surface area contributed by atoms with E-state index >= 15 is 0 Å². The number of anilines is 1. The Morgan fingerprint density at radius 2 is 2.23 bits per heavy atom. The van der Waals surface area contributed by atoms with Crippen LogP contribution in [-0.4, -0.2) is 45.1 Å². The van der Waals surface area contributed by atoms with Crippen molar-refractivity contribution in [1.82, 2.24) is 25.4 Å². The van der Waals surface area contributed by atoms with Gasteiger partial charge in [0.15, 0.2) is 0 Å². The Morgan fingerprint density at radius 3 is 2.86 bits per heavy atom. The van der Waals surface area contributed by atoms with Gasteiger partial charge in [0.1, 0.15) is 5.01 Å². The van der Waals surface area contributed by atoms with Crippen LogP contribution in [0.25, 0.3) is 0 Å². The molecule has 3 rings (SSSR count). The third-order valence-electron chi connectivity index (χ3n) is 3.72. The number of nitrogen functional groups attached to an aromatic ring is 1. The number of nitrogens with zero attached hydrogens (tertiary/aromatic N) is 4. The van der Waals surface area contributed by atoms with E-state index in [-0.39, 0.29) is 5.91 Å². The molecule has 1 aliphatic rings. The van der Waals surface area contributed by atoms with E-state index in [4.69, 9.17) is 5.73 Å². The molecule has 116 valence electrons. The molecule has 8 heteroatoms. The van der Waals surface area contributed by atoms with Crippen molar-refractivity contribution in [3.05, 3.63) is 35.1 Å². The SMILES string of the molecule is Nc1nnc(CNC2CCN(C(=O)c3cccnc3)CC2)s1. The third kappa shape index (κ3) is 3.58. The molecule has 0 bridgehead atoms. The number of nitrogens with two attached hydrogens (primary N) is 1. The van der Waals surface area contributed by atoms with E-state index in [2.05, 4.69) is 20.5 Å². The summed E-state index contributed by atoms with van der Waals surface area (Å²) >= 11 is 1.40. The highest BCUT2D eigenvalue weighted by molar-refractivity contribution is 7.15. The predicted molar refractivity (Wildman–Crippen MR) is 84.3 cm³/mol. The second-order valence-corrected chi connectivity index (χ2v) is 6.32. The minimum atomic E-state index is 0.0587. The lowest BCUT2D eigenvalue weighted by molar-refractivity contribution is 0.0704. The Labute approximate surface area is 132 Å². The summed E-state index contributed by atoms with van der Waals surface area (Å²) in [6.45, 7) is 2.18. The average Bonchev–Trinajstić information content (AvgIpc) is 2.99. The Hall–Kier alpha value is -2.06. The van der Waals surface area contributed by atoms with Gasteiger partial charge in [-0.15, -0.1) is 10.2 Å². The van der Waals surface area contributed by atoms with Gasteiger partial charge in [-0.3, -0.25) is 9.78 Å². The van der Waals surface area contributed by atoms with Gasteiger partial charge in [-0.1, -0.05) is 11.3 Å². The Morgan fingerprint density at radius 1 is 1.41 bits per heavy atom. The van der Waals surface area contributed by atoms with E-state index in [1.54, 1.807) is 24.5 Å². The summed E-state index contributed by atoms with van der Waals surface area (Å²) < 4.78 is 0. The van der Waals surface area contributed by atoms with E-state index in [0.29, 0.717) is 23.3 Å². The summed E-state index contributed by atoms with van der Waals surface area (Å²) in [7, 11) is 0. The van der Waals surface area contributed by atoms with E-state index in [1.165, 1.54) is 11.3 Å². The molecule has 3 heterocycles. The molecule has 0 saturated carbocycles. The van der Waals surface area contributed by atoms with Crippen LogP contribution in [0, 0.1) is 0 Å². The first kappa shape index (κ1) is 14.9. The van der Waals surface area contributed by atoms with Crippen molar-refractivity contribution in [2.45, 2.75) is 25.4 Å². The molecule has 2 aromatic heterocycles. The maximum atomic E-state index is 12.3.